The van der Waals surface area contributed by atoms with Crippen molar-refractivity contribution in [1.82, 2.24) is 0 Å². The second-order valence-corrected chi connectivity index (χ2v) is 6.55. The first kappa shape index (κ1) is 13.6. The van der Waals surface area contributed by atoms with E-state index in [1.165, 1.54) is 35.6 Å². The third kappa shape index (κ3) is 2.47. The highest BCUT2D eigenvalue weighted by molar-refractivity contribution is 5.84. The summed E-state index contributed by atoms with van der Waals surface area (Å²) in [7, 11) is 0. The van der Waals surface area contributed by atoms with Crippen LogP contribution in [0.15, 0.2) is 36.4 Å². The zero-order valence-corrected chi connectivity index (χ0v) is 12.5. The fraction of sp³-hybridized carbons (Fsp3) is 0.474. The Morgan fingerprint density at radius 3 is 2.35 bits per heavy atom. The Balaban J connectivity index is 1.97. The van der Waals surface area contributed by atoms with Crippen LogP contribution >= 0.6 is 0 Å². The summed E-state index contributed by atoms with van der Waals surface area (Å²) < 4.78 is 0. The molecule has 1 unspecified atom stereocenters. The Morgan fingerprint density at radius 2 is 1.60 bits per heavy atom. The summed E-state index contributed by atoms with van der Waals surface area (Å²) in [5.41, 5.74) is 1.66. The molecular weight excluding hydrogens is 244 g/mol. The monoisotopic (exact) mass is 268 g/mol. The van der Waals surface area contributed by atoms with Crippen molar-refractivity contribution in [3.05, 3.63) is 47.5 Å². The molecule has 0 aromatic heterocycles. The van der Waals surface area contributed by atoms with E-state index < -0.39 is 5.60 Å². The molecule has 0 amide bonds. The Morgan fingerprint density at radius 1 is 0.950 bits per heavy atom. The summed E-state index contributed by atoms with van der Waals surface area (Å²) in [5, 5.41) is 13.5. The van der Waals surface area contributed by atoms with Crippen LogP contribution in [0.5, 0.6) is 0 Å². The number of aryl methyl sites for hydroxylation is 1. The summed E-state index contributed by atoms with van der Waals surface area (Å²) >= 11 is 0. The minimum atomic E-state index is -0.695. The third-order valence-corrected chi connectivity index (χ3v) is 4.98. The Bertz CT molecular complexity index is 606. The van der Waals surface area contributed by atoms with E-state index in [4.69, 9.17) is 0 Å². The average Bonchev–Trinajstić information content (AvgIpc) is 2.47. The molecule has 1 heteroatoms. The van der Waals surface area contributed by atoms with Crippen molar-refractivity contribution in [2.24, 2.45) is 5.92 Å². The molecule has 1 aliphatic carbocycles. The van der Waals surface area contributed by atoms with E-state index in [1.54, 1.807) is 0 Å². The summed E-state index contributed by atoms with van der Waals surface area (Å²) in [4.78, 5) is 0. The van der Waals surface area contributed by atoms with Gasteiger partial charge in [0.15, 0.2) is 0 Å². The topological polar surface area (TPSA) is 20.2 Å². The van der Waals surface area contributed by atoms with Crippen LogP contribution in [0.1, 0.15) is 50.2 Å². The lowest BCUT2D eigenvalue weighted by Gasteiger charge is -2.36. The Hall–Kier alpha value is -1.34. The highest BCUT2D eigenvalue weighted by Crippen LogP contribution is 2.39. The van der Waals surface area contributed by atoms with E-state index in [1.807, 2.05) is 6.92 Å². The highest BCUT2D eigenvalue weighted by Gasteiger charge is 2.34. The van der Waals surface area contributed by atoms with Crippen LogP contribution in [-0.2, 0) is 5.60 Å². The maximum atomic E-state index is 11.0. The van der Waals surface area contributed by atoms with Crippen molar-refractivity contribution >= 4 is 10.8 Å². The van der Waals surface area contributed by atoms with Gasteiger partial charge in [-0.2, -0.15) is 0 Å². The second-order valence-electron chi connectivity index (χ2n) is 6.55. The van der Waals surface area contributed by atoms with E-state index in [0.717, 1.165) is 18.4 Å². The van der Waals surface area contributed by atoms with Gasteiger partial charge in [-0.1, -0.05) is 55.2 Å². The molecule has 1 aliphatic rings. The molecule has 20 heavy (non-hydrogen) atoms. The number of hydrogen-bond acceptors (Lipinski definition) is 1. The standard InChI is InChI=1S/C19H24O/c1-14-8-9-16-13-18(11-10-15(16)12-14)19(2,20)17-6-4-3-5-7-17/h8-13,17,20H,3-7H2,1-2H3. The predicted molar refractivity (Wildman–Crippen MR) is 84.8 cm³/mol. The lowest BCUT2D eigenvalue weighted by atomic mass is 9.74. The van der Waals surface area contributed by atoms with Crippen molar-refractivity contribution in [2.45, 2.75) is 51.6 Å². The van der Waals surface area contributed by atoms with Gasteiger partial charge < -0.3 is 5.11 Å². The van der Waals surface area contributed by atoms with Gasteiger partial charge in [0.1, 0.15) is 0 Å². The quantitative estimate of drug-likeness (QED) is 0.818. The van der Waals surface area contributed by atoms with Crippen LogP contribution < -0.4 is 0 Å². The van der Waals surface area contributed by atoms with Crippen LogP contribution in [0.4, 0.5) is 0 Å². The summed E-state index contributed by atoms with van der Waals surface area (Å²) in [6.07, 6.45) is 6.14. The van der Waals surface area contributed by atoms with Gasteiger partial charge in [0.05, 0.1) is 5.60 Å². The molecule has 1 atom stereocenters. The van der Waals surface area contributed by atoms with Crippen molar-refractivity contribution in [2.75, 3.05) is 0 Å². The molecular formula is C19H24O. The average molecular weight is 268 g/mol. The SMILES string of the molecule is Cc1ccc2cc(C(C)(O)C3CCCCC3)ccc2c1. The minimum Gasteiger partial charge on any atom is -0.385 e. The number of rotatable bonds is 2. The number of hydrogen-bond donors (Lipinski definition) is 1. The summed E-state index contributed by atoms with van der Waals surface area (Å²) in [6, 6.07) is 12.9. The van der Waals surface area contributed by atoms with E-state index in [0.29, 0.717) is 5.92 Å². The van der Waals surface area contributed by atoms with Crippen molar-refractivity contribution in [3.8, 4) is 0 Å². The van der Waals surface area contributed by atoms with E-state index in [9.17, 15) is 5.11 Å². The van der Waals surface area contributed by atoms with Gasteiger partial charge in [-0.15, -0.1) is 0 Å². The third-order valence-electron chi connectivity index (χ3n) is 4.98. The van der Waals surface area contributed by atoms with Crippen LogP contribution in [0, 0.1) is 12.8 Å². The zero-order valence-electron chi connectivity index (χ0n) is 12.5. The normalized spacial score (nSPS) is 19.9. The maximum Gasteiger partial charge on any atom is 0.0896 e. The maximum absolute atomic E-state index is 11.0. The smallest absolute Gasteiger partial charge is 0.0896 e. The van der Waals surface area contributed by atoms with Crippen LogP contribution in [0.25, 0.3) is 10.8 Å². The molecule has 0 bridgehead atoms. The van der Waals surface area contributed by atoms with Gasteiger partial charge in [0, 0.05) is 0 Å². The van der Waals surface area contributed by atoms with Crippen LogP contribution in [0.3, 0.4) is 0 Å². The first-order chi connectivity index (χ1) is 9.57. The molecule has 0 radical (unpaired) electrons. The molecule has 0 aliphatic heterocycles. The molecule has 1 fully saturated rings. The van der Waals surface area contributed by atoms with Crippen LogP contribution in [-0.4, -0.2) is 5.11 Å². The first-order valence-corrected chi connectivity index (χ1v) is 7.80. The van der Waals surface area contributed by atoms with Gasteiger partial charge >= 0.3 is 0 Å². The van der Waals surface area contributed by atoms with E-state index >= 15 is 0 Å². The minimum absolute atomic E-state index is 0.402. The molecule has 0 saturated heterocycles. The zero-order chi connectivity index (χ0) is 14.2. The van der Waals surface area contributed by atoms with Gasteiger partial charge in [-0.25, -0.2) is 0 Å². The van der Waals surface area contributed by atoms with Gasteiger partial charge in [0.2, 0.25) is 0 Å². The molecule has 1 N–H and O–H groups in total. The molecule has 1 nitrogen and oxygen atoms in total. The number of fused-ring (bicyclic) bond motifs is 1. The molecule has 3 rings (SSSR count). The molecule has 1 saturated carbocycles. The molecule has 0 spiro atoms. The predicted octanol–water partition coefficient (Wildman–Crippen LogP) is 4.94. The van der Waals surface area contributed by atoms with Crippen molar-refractivity contribution in [3.63, 3.8) is 0 Å². The fourth-order valence-corrected chi connectivity index (χ4v) is 3.58. The first-order valence-electron chi connectivity index (χ1n) is 7.80. The molecule has 0 heterocycles. The summed E-state index contributed by atoms with van der Waals surface area (Å²) in [5.74, 6) is 0.402. The van der Waals surface area contributed by atoms with Gasteiger partial charge in [0.25, 0.3) is 0 Å². The lowest BCUT2D eigenvalue weighted by Crippen LogP contribution is -2.33. The Kier molecular flexibility index (Phi) is 3.55. The molecule has 2 aromatic rings. The lowest BCUT2D eigenvalue weighted by molar-refractivity contribution is -0.0214. The highest BCUT2D eigenvalue weighted by atomic mass is 16.3. The Labute approximate surface area is 121 Å². The van der Waals surface area contributed by atoms with Crippen LogP contribution in [0.2, 0.25) is 0 Å². The van der Waals surface area contributed by atoms with E-state index in [2.05, 4.69) is 43.3 Å². The van der Waals surface area contributed by atoms with Crippen molar-refractivity contribution in [1.29, 1.82) is 0 Å². The molecule has 2 aromatic carbocycles. The van der Waals surface area contributed by atoms with Crippen molar-refractivity contribution < 1.29 is 5.11 Å². The second kappa shape index (κ2) is 5.21. The molecule has 106 valence electrons. The van der Waals surface area contributed by atoms with E-state index in [-0.39, 0.29) is 0 Å². The van der Waals surface area contributed by atoms with Gasteiger partial charge in [-0.3, -0.25) is 0 Å². The summed E-state index contributed by atoms with van der Waals surface area (Å²) in [6.45, 7) is 4.11. The number of benzene rings is 2. The number of aliphatic hydroxyl groups is 1. The van der Waals surface area contributed by atoms with Gasteiger partial charge in [-0.05, 0) is 55.0 Å². The largest absolute Gasteiger partial charge is 0.385 e. The fourth-order valence-electron chi connectivity index (χ4n) is 3.58.